The van der Waals surface area contributed by atoms with Crippen molar-refractivity contribution in [1.29, 1.82) is 0 Å². The molecular formula is C14H21N3O3. The quantitative estimate of drug-likeness (QED) is 0.715. The van der Waals surface area contributed by atoms with Gasteiger partial charge < -0.3 is 15.4 Å². The molecule has 0 fully saturated rings. The van der Waals surface area contributed by atoms with Crippen LogP contribution in [0.2, 0.25) is 0 Å². The Morgan fingerprint density at radius 2 is 2.00 bits per heavy atom. The van der Waals surface area contributed by atoms with Crippen LogP contribution in [0.3, 0.4) is 0 Å². The Balaban J connectivity index is 2.40. The Labute approximate surface area is 118 Å². The molecule has 1 aromatic rings. The van der Waals surface area contributed by atoms with Crippen LogP contribution in [0.5, 0.6) is 5.75 Å². The molecule has 0 saturated heterocycles. The summed E-state index contributed by atoms with van der Waals surface area (Å²) in [6, 6.07) is 6.79. The summed E-state index contributed by atoms with van der Waals surface area (Å²) in [5, 5.41) is 7.62. The second-order valence-corrected chi connectivity index (χ2v) is 4.31. The number of hydrogen-bond acceptors (Lipinski definition) is 4. The van der Waals surface area contributed by atoms with Gasteiger partial charge in [0.05, 0.1) is 13.2 Å². The number of nitrogens with one attached hydrogen (secondary N) is 3. The summed E-state index contributed by atoms with van der Waals surface area (Å²) in [4.78, 5) is 22.6. The highest BCUT2D eigenvalue weighted by atomic mass is 16.5. The number of rotatable bonds is 6. The van der Waals surface area contributed by atoms with Crippen LogP contribution < -0.4 is 20.7 Å². The molecule has 1 aromatic carbocycles. The molecule has 0 bridgehead atoms. The number of hydrogen-bond donors (Lipinski definition) is 3. The lowest BCUT2D eigenvalue weighted by atomic mass is 10.1. The zero-order valence-corrected chi connectivity index (χ0v) is 12.0. The van der Waals surface area contributed by atoms with Gasteiger partial charge in [0.2, 0.25) is 5.91 Å². The molecule has 0 aromatic heterocycles. The van der Waals surface area contributed by atoms with Gasteiger partial charge in [-0.2, -0.15) is 0 Å². The van der Waals surface area contributed by atoms with Crippen LogP contribution in [0.25, 0.3) is 0 Å². The first kappa shape index (κ1) is 16.0. The zero-order chi connectivity index (χ0) is 15.0. The molecule has 0 aliphatic carbocycles. The fourth-order valence-electron chi connectivity index (χ4n) is 1.71. The maximum absolute atomic E-state index is 11.6. The molecular weight excluding hydrogens is 258 g/mol. The fourth-order valence-corrected chi connectivity index (χ4v) is 1.71. The van der Waals surface area contributed by atoms with Crippen molar-refractivity contribution >= 4 is 11.9 Å². The maximum Gasteiger partial charge on any atom is 0.321 e. The van der Waals surface area contributed by atoms with Crippen LogP contribution in [0, 0.1) is 0 Å². The van der Waals surface area contributed by atoms with E-state index < -0.39 is 12.1 Å². The summed E-state index contributed by atoms with van der Waals surface area (Å²) in [6.07, 6.45) is 0.738. The van der Waals surface area contributed by atoms with Crippen molar-refractivity contribution in [2.24, 2.45) is 0 Å². The number of para-hydroxylation sites is 1. The molecule has 0 saturated carbocycles. The van der Waals surface area contributed by atoms with Gasteiger partial charge in [0.25, 0.3) is 0 Å². The highest BCUT2D eigenvalue weighted by Gasteiger charge is 2.14. The Morgan fingerprint density at radius 1 is 1.30 bits per heavy atom. The summed E-state index contributed by atoms with van der Waals surface area (Å²) in [7, 11) is 3.09. The van der Waals surface area contributed by atoms with Crippen LogP contribution in [0.4, 0.5) is 4.79 Å². The number of amides is 3. The molecule has 0 radical (unpaired) electrons. The second kappa shape index (κ2) is 8.16. The van der Waals surface area contributed by atoms with E-state index in [-0.39, 0.29) is 5.91 Å². The Kier molecular flexibility index (Phi) is 6.52. The average molecular weight is 279 g/mol. The van der Waals surface area contributed by atoms with Crippen LogP contribution in [0.1, 0.15) is 12.5 Å². The number of carbonyl (C=O) groups is 2. The van der Waals surface area contributed by atoms with E-state index in [4.69, 9.17) is 4.74 Å². The molecule has 6 heteroatoms. The first-order valence-corrected chi connectivity index (χ1v) is 6.46. The number of ether oxygens (including phenoxy) is 1. The van der Waals surface area contributed by atoms with Crippen LogP contribution in [-0.2, 0) is 11.2 Å². The largest absolute Gasteiger partial charge is 0.496 e. The van der Waals surface area contributed by atoms with E-state index in [1.165, 1.54) is 7.05 Å². The Hall–Kier alpha value is -2.08. The molecule has 1 unspecified atom stereocenters. The van der Waals surface area contributed by atoms with Gasteiger partial charge in [0, 0.05) is 13.6 Å². The van der Waals surface area contributed by atoms with Crippen LogP contribution >= 0.6 is 0 Å². The number of carbonyl (C=O) groups excluding carboxylic acids is 2. The van der Waals surface area contributed by atoms with E-state index >= 15 is 0 Å². The molecule has 1 atom stereocenters. The summed E-state index contributed by atoms with van der Waals surface area (Å²) in [6.45, 7) is 2.32. The van der Waals surface area contributed by atoms with Gasteiger partial charge in [-0.15, -0.1) is 0 Å². The van der Waals surface area contributed by atoms with Gasteiger partial charge in [0.1, 0.15) is 5.75 Å². The lowest BCUT2D eigenvalue weighted by molar-refractivity contribution is -0.121. The Morgan fingerprint density at radius 3 is 2.65 bits per heavy atom. The smallest absolute Gasteiger partial charge is 0.321 e. The molecule has 1 rings (SSSR count). The van der Waals surface area contributed by atoms with E-state index in [9.17, 15) is 9.59 Å². The van der Waals surface area contributed by atoms with E-state index in [0.29, 0.717) is 6.54 Å². The van der Waals surface area contributed by atoms with Gasteiger partial charge in [0.15, 0.2) is 0 Å². The topological polar surface area (TPSA) is 79.5 Å². The number of urea groups is 1. The molecule has 110 valence electrons. The predicted molar refractivity (Wildman–Crippen MR) is 76.8 cm³/mol. The predicted octanol–water partition coefficient (Wildman–Crippen LogP) is 0.671. The van der Waals surface area contributed by atoms with Crippen molar-refractivity contribution < 1.29 is 14.3 Å². The number of imide groups is 1. The van der Waals surface area contributed by atoms with Gasteiger partial charge in [-0.1, -0.05) is 18.2 Å². The third-order valence-electron chi connectivity index (χ3n) is 2.89. The fraction of sp³-hybridized carbons (Fsp3) is 0.429. The summed E-state index contributed by atoms with van der Waals surface area (Å²) in [5.41, 5.74) is 1.07. The average Bonchev–Trinajstić information content (AvgIpc) is 2.47. The molecule has 0 aliphatic heterocycles. The van der Waals surface area contributed by atoms with E-state index in [1.807, 2.05) is 24.3 Å². The second-order valence-electron chi connectivity index (χ2n) is 4.31. The van der Waals surface area contributed by atoms with Crippen molar-refractivity contribution in [1.82, 2.24) is 16.0 Å². The number of methoxy groups -OCH3 is 1. The highest BCUT2D eigenvalue weighted by Crippen LogP contribution is 2.17. The van der Waals surface area contributed by atoms with Gasteiger partial charge in [-0.05, 0) is 25.0 Å². The van der Waals surface area contributed by atoms with Crippen molar-refractivity contribution in [3.8, 4) is 5.75 Å². The maximum atomic E-state index is 11.6. The third kappa shape index (κ3) is 4.89. The highest BCUT2D eigenvalue weighted by molar-refractivity contribution is 5.96. The first-order chi connectivity index (χ1) is 9.58. The van der Waals surface area contributed by atoms with E-state index in [2.05, 4.69) is 16.0 Å². The molecule has 3 N–H and O–H groups in total. The minimum absolute atomic E-state index is 0.357. The SMILES string of the molecule is CNC(=O)NC(=O)C(C)NCCc1ccccc1OC. The molecule has 3 amide bonds. The van der Waals surface area contributed by atoms with Gasteiger partial charge >= 0.3 is 6.03 Å². The molecule has 0 heterocycles. The molecule has 0 spiro atoms. The van der Waals surface area contributed by atoms with Crippen molar-refractivity contribution in [3.63, 3.8) is 0 Å². The summed E-state index contributed by atoms with van der Waals surface area (Å²) < 4.78 is 5.26. The summed E-state index contributed by atoms with van der Waals surface area (Å²) >= 11 is 0. The lowest BCUT2D eigenvalue weighted by Gasteiger charge is -2.14. The van der Waals surface area contributed by atoms with E-state index in [1.54, 1.807) is 14.0 Å². The van der Waals surface area contributed by atoms with Crippen LogP contribution in [-0.4, -0.2) is 38.7 Å². The summed E-state index contributed by atoms with van der Waals surface area (Å²) in [5.74, 6) is 0.473. The van der Waals surface area contributed by atoms with Crippen molar-refractivity contribution in [2.45, 2.75) is 19.4 Å². The van der Waals surface area contributed by atoms with Gasteiger partial charge in [-0.3, -0.25) is 10.1 Å². The molecule has 20 heavy (non-hydrogen) atoms. The Bertz CT molecular complexity index is 463. The first-order valence-electron chi connectivity index (χ1n) is 6.46. The van der Waals surface area contributed by atoms with Gasteiger partial charge in [-0.25, -0.2) is 4.79 Å². The third-order valence-corrected chi connectivity index (χ3v) is 2.89. The standard InChI is InChI=1S/C14H21N3O3/c1-10(13(18)17-14(19)15-2)16-9-8-11-6-4-5-7-12(11)20-3/h4-7,10,16H,8-9H2,1-3H3,(H2,15,17,18,19). The van der Waals surface area contributed by atoms with E-state index in [0.717, 1.165) is 17.7 Å². The monoisotopic (exact) mass is 279 g/mol. The minimum atomic E-state index is -0.506. The van der Waals surface area contributed by atoms with Crippen molar-refractivity contribution in [2.75, 3.05) is 20.7 Å². The normalized spacial score (nSPS) is 11.6. The molecule has 6 nitrogen and oxygen atoms in total. The lowest BCUT2D eigenvalue weighted by Crippen LogP contribution is -2.47. The van der Waals surface area contributed by atoms with Crippen LogP contribution in [0.15, 0.2) is 24.3 Å². The zero-order valence-electron chi connectivity index (χ0n) is 12.0. The minimum Gasteiger partial charge on any atom is -0.496 e. The molecule has 0 aliphatic rings. The number of benzene rings is 1. The van der Waals surface area contributed by atoms with Crippen molar-refractivity contribution in [3.05, 3.63) is 29.8 Å².